The summed E-state index contributed by atoms with van der Waals surface area (Å²) in [5, 5.41) is 29.1. The molecule has 1 rings (SSSR count). The number of carbonyl (C=O) groups excluding carboxylic acids is 1. The fourth-order valence-electron chi connectivity index (χ4n) is 0.936. The lowest BCUT2D eigenvalue weighted by atomic mass is 10.3. The smallest absolute Gasteiger partial charge is 0.269 e. The molecular weight excluding hydrogens is 200 g/mol. The molecule has 7 nitrogen and oxygen atoms in total. The number of nitrogens with one attached hydrogen (secondary N) is 3. The van der Waals surface area contributed by atoms with Gasteiger partial charge in [0, 0.05) is 19.7 Å². The predicted octanol–water partition coefficient (Wildman–Crippen LogP) is -1.47. The van der Waals surface area contributed by atoms with Crippen molar-refractivity contribution in [3.63, 3.8) is 0 Å². The van der Waals surface area contributed by atoms with Crippen LogP contribution < -0.4 is 10.6 Å². The average Bonchev–Trinajstić information content (AvgIpc) is 2.73. The number of nitrogens with zero attached hydrogens (tertiary/aromatic N) is 1. The molecule has 0 bridgehead atoms. The van der Waals surface area contributed by atoms with Crippen LogP contribution in [0.4, 0.5) is 5.82 Å². The second-order valence-electron chi connectivity index (χ2n) is 2.96. The zero-order valence-electron chi connectivity index (χ0n) is 8.32. The monoisotopic (exact) mass is 214 g/mol. The van der Waals surface area contributed by atoms with Crippen molar-refractivity contribution in [1.29, 1.82) is 0 Å². The Balaban J connectivity index is 2.46. The maximum absolute atomic E-state index is 11.4. The van der Waals surface area contributed by atoms with Gasteiger partial charge in [-0.15, -0.1) is 0 Å². The summed E-state index contributed by atoms with van der Waals surface area (Å²) >= 11 is 0. The Kier molecular flexibility index (Phi) is 4.07. The van der Waals surface area contributed by atoms with Crippen LogP contribution in [0, 0.1) is 0 Å². The molecule has 0 fully saturated rings. The number of hydrogen-bond acceptors (Lipinski definition) is 5. The van der Waals surface area contributed by atoms with Gasteiger partial charge in [-0.3, -0.25) is 9.89 Å². The van der Waals surface area contributed by atoms with Crippen LogP contribution in [0.2, 0.25) is 0 Å². The first kappa shape index (κ1) is 11.5. The largest absolute Gasteiger partial charge is 0.394 e. The van der Waals surface area contributed by atoms with Crippen molar-refractivity contribution in [2.75, 3.05) is 25.5 Å². The molecular formula is C8H14N4O3. The number of rotatable bonds is 5. The van der Waals surface area contributed by atoms with Gasteiger partial charge in [0.1, 0.15) is 11.5 Å². The summed E-state index contributed by atoms with van der Waals surface area (Å²) in [7, 11) is 1.69. The lowest BCUT2D eigenvalue weighted by Crippen LogP contribution is -2.34. The fourth-order valence-corrected chi connectivity index (χ4v) is 0.936. The molecule has 1 atom stereocenters. The Morgan fingerprint density at radius 3 is 3.00 bits per heavy atom. The van der Waals surface area contributed by atoms with Crippen molar-refractivity contribution < 1.29 is 15.0 Å². The number of aliphatic hydroxyl groups is 2. The minimum atomic E-state index is -0.944. The second-order valence-corrected chi connectivity index (χ2v) is 2.96. The van der Waals surface area contributed by atoms with Gasteiger partial charge in [0.25, 0.3) is 5.91 Å². The number of aromatic amines is 1. The maximum Gasteiger partial charge on any atom is 0.269 e. The average molecular weight is 214 g/mol. The first-order chi connectivity index (χ1) is 7.17. The van der Waals surface area contributed by atoms with E-state index in [2.05, 4.69) is 20.8 Å². The summed E-state index contributed by atoms with van der Waals surface area (Å²) in [4.78, 5) is 11.4. The molecule has 0 aliphatic heterocycles. The quantitative estimate of drug-likeness (QED) is 0.411. The van der Waals surface area contributed by atoms with E-state index < -0.39 is 6.10 Å². The van der Waals surface area contributed by atoms with Crippen LogP contribution in [0.15, 0.2) is 6.07 Å². The Hall–Kier alpha value is -1.60. The van der Waals surface area contributed by atoms with Gasteiger partial charge in [-0.05, 0) is 0 Å². The Labute approximate surface area is 86.5 Å². The lowest BCUT2D eigenvalue weighted by Gasteiger charge is -2.07. The lowest BCUT2D eigenvalue weighted by molar-refractivity contribution is 0.0799. The number of amides is 1. The molecule has 0 aliphatic carbocycles. The van der Waals surface area contributed by atoms with Crippen molar-refractivity contribution in [1.82, 2.24) is 15.5 Å². The molecule has 15 heavy (non-hydrogen) atoms. The Morgan fingerprint density at radius 1 is 1.73 bits per heavy atom. The summed E-state index contributed by atoms with van der Waals surface area (Å²) in [5.74, 6) is 0.180. The molecule has 0 aliphatic rings. The normalized spacial score (nSPS) is 12.2. The fraction of sp³-hybridized carbons (Fsp3) is 0.500. The van der Waals surface area contributed by atoms with Gasteiger partial charge in [-0.2, -0.15) is 5.10 Å². The third kappa shape index (κ3) is 3.22. The van der Waals surface area contributed by atoms with E-state index >= 15 is 0 Å². The van der Waals surface area contributed by atoms with E-state index in [9.17, 15) is 4.79 Å². The van der Waals surface area contributed by atoms with Crippen molar-refractivity contribution in [2.45, 2.75) is 6.10 Å². The van der Waals surface area contributed by atoms with E-state index in [1.54, 1.807) is 13.1 Å². The summed E-state index contributed by atoms with van der Waals surface area (Å²) in [6.45, 7) is -0.381. The third-order valence-corrected chi connectivity index (χ3v) is 1.79. The van der Waals surface area contributed by atoms with E-state index in [1.807, 2.05) is 0 Å². The van der Waals surface area contributed by atoms with Gasteiger partial charge < -0.3 is 20.8 Å². The molecule has 0 aromatic carbocycles. The van der Waals surface area contributed by atoms with Crippen LogP contribution in [0.3, 0.4) is 0 Å². The zero-order chi connectivity index (χ0) is 11.3. The zero-order valence-corrected chi connectivity index (χ0v) is 8.32. The highest BCUT2D eigenvalue weighted by atomic mass is 16.3. The highest BCUT2D eigenvalue weighted by molar-refractivity contribution is 5.92. The van der Waals surface area contributed by atoms with Gasteiger partial charge in [-0.25, -0.2) is 0 Å². The molecule has 5 N–H and O–H groups in total. The van der Waals surface area contributed by atoms with Gasteiger partial charge in [-0.1, -0.05) is 0 Å². The van der Waals surface area contributed by atoms with Crippen molar-refractivity contribution in [3.8, 4) is 0 Å². The second kappa shape index (κ2) is 5.32. The first-order valence-electron chi connectivity index (χ1n) is 4.47. The van der Waals surface area contributed by atoms with Crippen molar-refractivity contribution >= 4 is 11.7 Å². The van der Waals surface area contributed by atoms with Crippen molar-refractivity contribution in [2.24, 2.45) is 0 Å². The Morgan fingerprint density at radius 2 is 2.47 bits per heavy atom. The molecule has 1 amide bonds. The molecule has 1 heterocycles. The molecule has 0 radical (unpaired) electrons. The molecule has 1 aromatic heterocycles. The SMILES string of the molecule is CNc1cc(C(=O)NC[C@@H](O)CO)[nH]n1. The molecule has 0 saturated carbocycles. The third-order valence-electron chi connectivity index (χ3n) is 1.79. The molecule has 84 valence electrons. The van der Waals surface area contributed by atoms with E-state index in [4.69, 9.17) is 10.2 Å². The summed E-state index contributed by atoms with van der Waals surface area (Å²) < 4.78 is 0. The standard InChI is InChI=1S/C8H14N4O3/c1-9-7-2-6(11-12-7)8(15)10-3-5(14)4-13/h2,5,13-14H,3-4H2,1H3,(H,10,15)(H2,9,11,12)/t5-/m1/s1. The molecule has 1 aromatic rings. The number of aromatic nitrogens is 2. The summed E-state index contributed by atoms with van der Waals surface area (Å²) in [6, 6.07) is 1.54. The molecule has 0 spiro atoms. The minimum Gasteiger partial charge on any atom is -0.394 e. The van der Waals surface area contributed by atoms with Crippen LogP contribution in [0.25, 0.3) is 0 Å². The number of H-pyrrole nitrogens is 1. The summed E-state index contributed by atoms with van der Waals surface area (Å²) in [5.41, 5.74) is 0.296. The van der Waals surface area contributed by atoms with E-state index in [0.29, 0.717) is 11.5 Å². The predicted molar refractivity (Wildman–Crippen MR) is 53.6 cm³/mol. The summed E-state index contributed by atoms with van der Waals surface area (Å²) in [6.07, 6.45) is -0.944. The number of hydrogen-bond donors (Lipinski definition) is 5. The number of anilines is 1. The van der Waals surface area contributed by atoms with Crippen LogP contribution >= 0.6 is 0 Å². The molecule has 0 saturated heterocycles. The van der Waals surface area contributed by atoms with E-state index in [1.165, 1.54) is 0 Å². The minimum absolute atomic E-state index is 0.00321. The highest BCUT2D eigenvalue weighted by Crippen LogP contribution is 2.03. The molecule has 0 unspecified atom stereocenters. The van der Waals surface area contributed by atoms with Gasteiger partial charge in [0.2, 0.25) is 0 Å². The Bertz CT molecular complexity index is 325. The maximum atomic E-state index is 11.4. The van der Waals surface area contributed by atoms with Crippen molar-refractivity contribution in [3.05, 3.63) is 11.8 Å². The van der Waals surface area contributed by atoms with Crippen LogP contribution in [-0.4, -0.2) is 52.6 Å². The number of aliphatic hydroxyl groups excluding tert-OH is 2. The van der Waals surface area contributed by atoms with Gasteiger partial charge >= 0.3 is 0 Å². The number of carbonyl (C=O) groups is 1. The van der Waals surface area contributed by atoms with Gasteiger partial charge in [0.05, 0.1) is 12.7 Å². The highest BCUT2D eigenvalue weighted by Gasteiger charge is 2.10. The first-order valence-corrected chi connectivity index (χ1v) is 4.47. The topological polar surface area (TPSA) is 110 Å². The van der Waals surface area contributed by atoms with Crippen LogP contribution in [0.1, 0.15) is 10.5 Å². The van der Waals surface area contributed by atoms with E-state index in [-0.39, 0.29) is 19.1 Å². The van der Waals surface area contributed by atoms with Crippen LogP contribution in [0.5, 0.6) is 0 Å². The van der Waals surface area contributed by atoms with Crippen LogP contribution in [-0.2, 0) is 0 Å². The van der Waals surface area contributed by atoms with Gasteiger partial charge in [0.15, 0.2) is 0 Å². The molecule has 7 heteroatoms. The van der Waals surface area contributed by atoms with E-state index in [0.717, 1.165) is 0 Å².